The maximum atomic E-state index is 12.6. The van der Waals surface area contributed by atoms with Crippen molar-refractivity contribution in [3.8, 4) is 46.0 Å². The monoisotopic (exact) mass is 1070 g/mol. The molecule has 0 N–H and O–H groups in total. The number of aryl methyl sites for hydroxylation is 1. The number of hydrogen-bond donors (Lipinski definition) is 0. The zero-order chi connectivity index (χ0) is 56.5. The Kier molecular flexibility index (Phi) is 26.6. The summed E-state index contributed by atoms with van der Waals surface area (Å²) >= 11 is 0. The van der Waals surface area contributed by atoms with E-state index < -0.39 is 41.8 Å². The Hall–Kier alpha value is -9.65. The summed E-state index contributed by atoms with van der Waals surface area (Å²) < 4.78 is 63.8. The smallest absolute Gasteiger partial charge is 0.343 e. The van der Waals surface area contributed by atoms with E-state index in [1.807, 2.05) is 0 Å². The molecule has 0 saturated heterocycles. The van der Waals surface area contributed by atoms with Gasteiger partial charge in [0.15, 0.2) is 11.5 Å². The number of esters is 7. The fourth-order valence-corrected chi connectivity index (χ4v) is 6.08. The number of methoxy groups -OCH3 is 1. The minimum Gasteiger partial charge on any atom is -0.497 e. The molecule has 78 heavy (non-hydrogen) atoms. The number of carbonyl (C=O) groups excluding carboxylic acids is 7. The van der Waals surface area contributed by atoms with Crippen molar-refractivity contribution in [2.24, 2.45) is 0 Å². The molecule has 0 fully saturated rings. The van der Waals surface area contributed by atoms with Crippen molar-refractivity contribution in [3.63, 3.8) is 0 Å². The van der Waals surface area contributed by atoms with Crippen LogP contribution in [0.5, 0.6) is 46.0 Å². The topological polar surface area (TPSA) is 230 Å². The predicted octanol–water partition coefficient (Wildman–Crippen LogP) is 9.34. The third-order valence-electron chi connectivity index (χ3n) is 10.0. The molecule has 5 rings (SSSR count). The van der Waals surface area contributed by atoms with Crippen molar-refractivity contribution in [1.82, 2.24) is 0 Å². The molecular weight excluding hydrogens is 1010 g/mol. The van der Waals surface area contributed by atoms with Gasteiger partial charge < -0.3 is 56.8 Å². The average Bonchev–Trinajstić information content (AvgIpc) is 3.47. The number of rotatable bonds is 31. The summed E-state index contributed by atoms with van der Waals surface area (Å²) in [5.74, 6) is -0.277. The zero-order valence-corrected chi connectivity index (χ0v) is 43.3. The van der Waals surface area contributed by atoms with E-state index in [1.54, 1.807) is 111 Å². The van der Waals surface area contributed by atoms with Gasteiger partial charge in [0.1, 0.15) is 34.5 Å². The molecule has 0 atom stereocenters. The van der Waals surface area contributed by atoms with Gasteiger partial charge in [0.25, 0.3) is 0 Å². The lowest BCUT2D eigenvalue weighted by Gasteiger charge is -2.14. The Morgan fingerprint density at radius 2 is 0.705 bits per heavy atom. The van der Waals surface area contributed by atoms with Crippen LogP contribution in [0.1, 0.15) is 62.3 Å². The van der Waals surface area contributed by atoms with E-state index in [0.29, 0.717) is 95.8 Å². The maximum Gasteiger partial charge on any atom is 0.343 e. The number of ether oxygens (including phenoxy) is 12. The minimum atomic E-state index is -0.581. The molecule has 0 bridgehead atoms. The quantitative estimate of drug-likeness (QED) is 0.0132. The summed E-state index contributed by atoms with van der Waals surface area (Å²) in [5.41, 5.74) is 1.49. The van der Waals surface area contributed by atoms with Crippen LogP contribution in [0.15, 0.2) is 160 Å². The van der Waals surface area contributed by atoms with Gasteiger partial charge >= 0.3 is 41.8 Å². The molecule has 0 aliphatic rings. The van der Waals surface area contributed by atoms with Gasteiger partial charge in [-0.25, -0.2) is 33.6 Å². The van der Waals surface area contributed by atoms with Crippen LogP contribution in [-0.4, -0.2) is 102 Å². The number of hydrogen-bond acceptors (Lipinski definition) is 19. The molecule has 0 spiro atoms. The molecule has 19 nitrogen and oxygen atoms in total. The van der Waals surface area contributed by atoms with E-state index in [4.69, 9.17) is 56.8 Å². The first kappa shape index (κ1) is 60.9. The van der Waals surface area contributed by atoms with E-state index in [2.05, 4.69) is 26.3 Å². The standard InChI is InChI=1S/C33H32O10.C26H28O9/c1-4-30(34)40-20-6-18-38-26-12-8-24(9-13-26)32(36)42-28-16-17-29(23(3)22-28)43-33(37)25-10-14-27(15-11-25)39-19-7-21-41-31(35)5-2;1-4-24(27)33-16-6-14-31-22-13-8-19(18-23(22)32-15-7-17-34-25(28)5-2)26(29)35-21-11-9-20(30-3)10-12-21/h4-5,8-17,22H,1-2,6-7,18-21H2,3H3;4-5,8-13,18H,1-2,6-7,14-17H2,3H3. The second-order valence-electron chi connectivity index (χ2n) is 15.8. The van der Waals surface area contributed by atoms with Gasteiger partial charge in [-0.15, -0.1) is 0 Å². The third kappa shape index (κ3) is 22.4. The molecule has 5 aromatic rings. The van der Waals surface area contributed by atoms with E-state index in [1.165, 1.54) is 12.1 Å². The molecule has 0 heterocycles. The fraction of sp³-hybridized carbons (Fsp3) is 0.237. The van der Waals surface area contributed by atoms with E-state index >= 15 is 0 Å². The largest absolute Gasteiger partial charge is 0.497 e. The predicted molar refractivity (Wildman–Crippen MR) is 283 cm³/mol. The summed E-state index contributed by atoms with van der Waals surface area (Å²) in [6, 6.07) is 28.8. The highest BCUT2D eigenvalue weighted by Crippen LogP contribution is 2.30. The van der Waals surface area contributed by atoms with Crippen molar-refractivity contribution in [2.75, 3.05) is 60.0 Å². The molecule has 5 aromatic carbocycles. The molecular formula is C59H60O19. The van der Waals surface area contributed by atoms with Crippen molar-refractivity contribution in [1.29, 1.82) is 0 Å². The molecule has 0 saturated carbocycles. The Bertz CT molecular complexity index is 2820. The first-order valence-electron chi connectivity index (χ1n) is 24.2. The molecule has 0 amide bonds. The van der Waals surface area contributed by atoms with Crippen molar-refractivity contribution in [2.45, 2.75) is 32.6 Å². The van der Waals surface area contributed by atoms with E-state index in [-0.39, 0.29) is 51.0 Å². The summed E-state index contributed by atoms with van der Waals surface area (Å²) in [6.45, 7) is 16.9. The lowest BCUT2D eigenvalue weighted by atomic mass is 10.2. The van der Waals surface area contributed by atoms with Gasteiger partial charge in [-0.3, -0.25) is 0 Å². The molecule has 0 unspecified atom stereocenters. The van der Waals surface area contributed by atoms with Crippen LogP contribution in [0.4, 0.5) is 0 Å². The minimum absolute atomic E-state index is 0.148. The normalized spacial score (nSPS) is 10.1. The molecule has 0 radical (unpaired) electrons. The zero-order valence-electron chi connectivity index (χ0n) is 43.3. The summed E-state index contributed by atoms with van der Waals surface area (Å²) in [4.78, 5) is 82.2. The highest BCUT2D eigenvalue weighted by atomic mass is 16.6. The van der Waals surface area contributed by atoms with Crippen LogP contribution >= 0.6 is 0 Å². The van der Waals surface area contributed by atoms with Gasteiger partial charge in [0, 0.05) is 50.0 Å². The lowest BCUT2D eigenvalue weighted by molar-refractivity contribution is -0.138. The molecule has 0 aromatic heterocycles. The average molecular weight is 1070 g/mol. The number of benzene rings is 5. The Morgan fingerprint density at radius 1 is 0.359 bits per heavy atom. The maximum absolute atomic E-state index is 12.6. The van der Waals surface area contributed by atoms with Gasteiger partial charge in [-0.2, -0.15) is 0 Å². The molecule has 410 valence electrons. The Labute approximate surface area is 451 Å². The third-order valence-corrected chi connectivity index (χ3v) is 10.0. The fourth-order valence-electron chi connectivity index (χ4n) is 6.08. The molecule has 0 aliphatic carbocycles. The molecule has 0 aliphatic heterocycles. The Morgan fingerprint density at radius 3 is 1.14 bits per heavy atom. The van der Waals surface area contributed by atoms with Gasteiger partial charge in [-0.05, 0) is 122 Å². The van der Waals surface area contributed by atoms with Gasteiger partial charge in [0.2, 0.25) is 0 Å². The summed E-state index contributed by atoms with van der Waals surface area (Å²) in [5, 5.41) is 0. The summed E-state index contributed by atoms with van der Waals surface area (Å²) in [7, 11) is 1.55. The van der Waals surface area contributed by atoms with Crippen molar-refractivity contribution < 1.29 is 90.4 Å². The van der Waals surface area contributed by atoms with E-state index in [9.17, 15) is 33.6 Å². The van der Waals surface area contributed by atoms with Crippen molar-refractivity contribution >= 4 is 41.8 Å². The van der Waals surface area contributed by atoms with Crippen LogP contribution in [0, 0.1) is 6.92 Å². The van der Waals surface area contributed by atoms with E-state index in [0.717, 1.165) is 24.3 Å². The van der Waals surface area contributed by atoms with Crippen LogP contribution in [0.25, 0.3) is 0 Å². The summed E-state index contributed by atoms with van der Waals surface area (Å²) in [6.07, 6.45) is 6.24. The SMILES string of the molecule is C=CC(=O)OCCCOc1ccc(C(=O)Oc2ccc(OC(=O)c3ccc(OCCCOC(=O)C=C)cc3)c(C)c2)cc1.C=CC(=O)OCCCOc1ccc(C(=O)Oc2ccc(OC)cc2)cc1OCCCOC(=O)C=C. The lowest BCUT2D eigenvalue weighted by Crippen LogP contribution is -2.11. The van der Waals surface area contributed by atoms with Crippen LogP contribution in [0.2, 0.25) is 0 Å². The van der Waals surface area contributed by atoms with Crippen LogP contribution in [0.3, 0.4) is 0 Å². The highest BCUT2D eigenvalue weighted by Gasteiger charge is 2.17. The first-order chi connectivity index (χ1) is 37.7. The van der Waals surface area contributed by atoms with Crippen LogP contribution in [-0.2, 0) is 38.1 Å². The van der Waals surface area contributed by atoms with Crippen LogP contribution < -0.4 is 37.9 Å². The molecule has 19 heteroatoms. The second-order valence-corrected chi connectivity index (χ2v) is 15.8. The van der Waals surface area contributed by atoms with Gasteiger partial charge in [0.05, 0.1) is 76.7 Å². The van der Waals surface area contributed by atoms with Crippen molar-refractivity contribution in [3.05, 3.63) is 182 Å². The number of carbonyl (C=O) groups is 7. The Balaban J connectivity index is 0.000000344. The highest BCUT2D eigenvalue weighted by molar-refractivity contribution is 5.93. The second kappa shape index (κ2) is 34.0. The van der Waals surface area contributed by atoms with Gasteiger partial charge in [-0.1, -0.05) is 26.3 Å². The first-order valence-corrected chi connectivity index (χ1v) is 24.2.